The van der Waals surface area contributed by atoms with Crippen molar-refractivity contribution in [2.75, 3.05) is 0 Å². The van der Waals surface area contributed by atoms with Gasteiger partial charge in [0.25, 0.3) is 0 Å². The van der Waals surface area contributed by atoms with Gasteiger partial charge in [-0.05, 0) is 79.5 Å². The lowest BCUT2D eigenvalue weighted by atomic mass is 9.67. The van der Waals surface area contributed by atoms with Crippen molar-refractivity contribution in [1.29, 1.82) is 0 Å². The SMILES string of the molecule is CC1(C)c2ccccc2Oc2cc(-c3ccc(C4(c5ccccc5)c5ccccc5-c5cc6ccccc6cc54)cc3)ccc21. The number of fused-ring (bicyclic) bond motifs is 6. The first-order chi connectivity index (χ1) is 22.0. The van der Waals surface area contributed by atoms with Crippen molar-refractivity contribution in [3.63, 3.8) is 0 Å². The van der Waals surface area contributed by atoms with Gasteiger partial charge in [-0.2, -0.15) is 0 Å². The van der Waals surface area contributed by atoms with Crippen molar-refractivity contribution in [2.24, 2.45) is 0 Å². The van der Waals surface area contributed by atoms with Crippen LogP contribution in [0.4, 0.5) is 0 Å². The van der Waals surface area contributed by atoms with Gasteiger partial charge in [0.2, 0.25) is 0 Å². The van der Waals surface area contributed by atoms with E-state index in [1.54, 1.807) is 0 Å². The minimum absolute atomic E-state index is 0.123. The van der Waals surface area contributed by atoms with Gasteiger partial charge in [0.15, 0.2) is 0 Å². The molecule has 1 nitrogen and oxygen atoms in total. The molecule has 45 heavy (non-hydrogen) atoms. The molecule has 1 heterocycles. The highest BCUT2D eigenvalue weighted by Gasteiger charge is 2.46. The summed E-state index contributed by atoms with van der Waals surface area (Å²) in [5.74, 6) is 1.88. The molecule has 1 unspecified atom stereocenters. The molecule has 2 aliphatic rings. The largest absolute Gasteiger partial charge is 0.457 e. The van der Waals surface area contributed by atoms with Gasteiger partial charge in [-0.15, -0.1) is 0 Å². The second-order valence-electron chi connectivity index (χ2n) is 12.9. The molecule has 0 amide bonds. The van der Waals surface area contributed by atoms with Crippen LogP contribution in [0.2, 0.25) is 0 Å². The second kappa shape index (κ2) is 9.55. The van der Waals surface area contributed by atoms with Crippen LogP contribution in [0.25, 0.3) is 33.0 Å². The predicted octanol–water partition coefficient (Wildman–Crippen LogP) is 11.3. The molecule has 0 saturated heterocycles. The van der Waals surface area contributed by atoms with Crippen LogP contribution >= 0.6 is 0 Å². The number of ether oxygens (including phenoxy) is 1. The normalized spacial score (nSPS) is 17.1. The first-order valence-electron chi connectivity index (χ1n) is 15.8. The maximum Gasteiger partial charge on any atom is 0.132 e. The number of benzene rings is 7. The molecule has 0 N–H and O–H groups in total. The fourth-order valence-corrected chi connectivity index (χ4v) is 7.99. The number of hydrogen-bond donors (Lipinski definition) is 0. The molecule has 1 aliphatic heterocycles. The first kappa shape index (κ1) is 26.0. The van der Waals surface area contributed by atoms with Crippen molar-refractivity contribution < 1.29 is 4.74 Å². The van der Waals surface area contributed by atoms with Crippen molar-refractivity contribution in [3.8, 4) is 33.8 Å². The Morgan fingerprint density at radius 2 is 1.00 bits per heavy atom. The summed E-state index contributed by atoms with van der Waals surface area (Å²) >= 11 is 0. The van der Waals surface area contributed by atoms with Crippen LogP contribution in [0.1, 0.15) is 47.2 Å². The minimum atomic E-state index is -0.428. The summed E-state index contributed by atoms with van der Waals surface area (Å²) in [6.45, 7) is 4.57. The van der Waals surface area contributed by atoms with Crippen molar-refractivity contribution in [2.45, 2.75) is 24.7 Å². The Morgan fingerprint density at radius 1 is 0.400 bits per heavy atom. The van der Waals surface area contributed by atoms with E-state index in [-0.39, 0.29) is 5.41 Å². The van der Waals surface area contributed by atoms with Crippen LogP contribution in [-0.4, -0.2) is 0 Å². The summed E-state index contributed by atoms with van der Waals surface area (Å²) in [5, 5.41) is 2.53. The van der Waals surface area contributed by atoms with E-state index >= 15 is 0 Å². The molecule has 1 aliphatic carbocycles. The zero-order valence-electron chi connectivity index (χ0n) is 25.4. The number of hydrogen-bond acceptors (Lipinski definition) is 1. The van der Waals surface area contributed by atoms with Crippen LogP contribution in [0.5, 0.6) is 11.5 Å². The highest BCUT2D eigenvalue weighted by Crippen LogP contribution is 2.57. The van der Waals surface area contributed by atoms with E-state index in [1.165, 1.54) is 60.8 Å². The van der Waals surface area contributed by atoms with Gasteiger partial charge in [-0.25, -0.2) is 0 Å². The van der Waals surface area contributed by atoms with Gasteiger partial charge >= 0.3 is 0 Å². The molecule has 7 aromatic carbocycles. The van der Waals surface area contributed by atoms with E-state index in [9.17, 15) is 0 Å². The smallest absolute Gasteiger partial charge is 0.132 e. The zero-order valence-corrected chi connectivity index (χ0v) is 25.4. The van der Waals surface area contributed by atoms with Gasteiger partial charge in [0.05, 0.1) is 5.41 Å². The lowest BCUT2D eigenvalue weighted by Gasteiger charge is -2.35. The molecular weight excluding hydrogens is 544 g/mol. The van der Waals surface area contributed by atoms with E-state index in [2.05, 4.69) is 166 Å². The zero-order chi connectivity index (χ0) is 30.2. The first-order valence-corrected chi connectivity index (χ1v) is 15.8. The predicted molar refractivity (Wildman–Crippen MR) is 185 cm³/mol. The topological polar surface area (TPSA) is 9.23 Å². The monoisotopic (exact) mass is 576 g/mol. The van der Waals surface area contributed by atoms with Gasteiger partial charge < -0.3 is 4.74 Å². The Morgan fingerprint density at radius 3 is 1.80 bits per heavy atom. The van der Waals surface area contributed by atoms with E-state index in [0.29, 0.717) is 0 Å². The third-order valence-corrected chi connectivity index (χ3v) is 10.2. The lowest BCUT2D eigenvalue weighted by Crippen LogP contribution is -2.28. The van der Waals surface area contributed by atoms with Gasteiger partial charge in [-0.1, -0.05) is 147 Å². The summed E-state index contributed by atoms with van der Waals surface area (Å²) in [5.41, 5.74) is 12.1. The number of rotatable bonds is 3. The highest BCUT2D eigenvalue weighted by molar-refractivity contribution is 5.96. The quantitative estimate of drug-likeness (QED) is 0.203. The molecule has 0 fully saturated rings. The molecule has 0 saturated carbocycles. The third kappa shape index (κ3) is 3.68. The summed E-state index contributed by atoms with van der Waals surface area (Å²) in [4.78, 5) is 0. The highest BCUT2D eigenvalue weighted by atomic mass is 16.5. The molecule has 1 atom stereocenters. The van der Waals surface area contributed by atoms with Crippen LogP contribution in [-0.2, 0) is 10.8 Å². The summed E-state index contributed by atoms with van der Waals surface area (Å²) in [6.07, 6.45) is 0. The van der Waals surface area contributed by atoms with Crippen molar-refractivity contribution >= 4 is 10.8 Å². The summed E-state index contributed by atoms with van der Waals surface area (Å²) < 4.78 is 6.47. The Bertz CT molecular complexity index is 2260. The van der Waals surface area contributed by atoms with E-state index in [1.807, 2.05) is 6.07 Å². The van der Waals surface area contributed by atoms with E-state index in [0.717, 1.165) is 17.1 Å². The minimum Gasteiger partial charge on any atom is -0.457 e. The lowest BCUT2D eigenvalue weighted by molar-refractivity contribution is 0.418. The van der Waals surface area contributed by atoms with Crippen molar-refractivity contribution in [1.82, 2.24) is 0 Å². The maximum atomic E-state index is 6.47. The third-order valence-electron chi connectivity index (χ3n) is 10.2. The number of para-hydroxylation sites is 1. The Kier molecular flexibility index (Phi) is 5.53. The van der Waals surface area contributed by atoms with Crippen LogP contribution in [0.3, 0.4) is 0 Å². The molecule has 0 aromatic heterocycles. The molecular formula is C44H32O. The Labute approximate surface area is 264 Å². The van der Waals surface area contributed by atoms with Crippen LogP contribution < -0.4 is 4.74 Å². The van der Waals surface area contributed by atoms with Gasteiger partial charge in [0.1, 0.15) is 11.5 Å². The molecule has 7 aromatic rings. The average molecular weight is 577 g/mol. The molecule has 214 valence electrons. The maximum absolute atomic E-state index is 6.47. The van der Waals surface area contributed by atoms with Crippen LogP contribution in [0, 0.1) is 0 Å². The van der Waals surface area contributed by atoms with E-state index < -0.39 is 5.41 Å². The van der Waals surface area contributed by atoms with Crippen LogP contribution in [0.15, 0.2) is 158 Å². The second-order valence-corrected chi connectivity index (χ2v) is 12.9. The standard InChI is InChI=1S/C44H32O/c1-43(2)38-18-10-11-19-41(38)45-42-28-32(22-25-39(42)43)29-20-23-34(24-21-29)44(33-14-4-3-5-15-33)37-17-9-8-16-35(37)36-26-30-12-6-7-13-31(30)27-40(36)44/h3-28H,1-2H3. The Hall–Kier alpha value is -5.40. The summed E-state index contributed by atoms with van der Waals surface area (Å²) in [6, 6.07) is 57.8. The fourth-order valence-electron chi connectivity index (χ4n) is 7.99. The average Bonchev–Trinajstić information content (AvgIpc) is 3.37. The van der Waals surface area contributed by atoms with Gasteiger partial charge in [-0.3, -0.25) is 0 Å². The summed E-state index contributed by atoms with van der Waals surface area (Å²) in [7, 11) is 0. The Balaban J connectivity index is 1.22. The van der Waals surface area contributed by atoms with E-state index in [4.69, 9.17) is 4.74 Å². The molecule has 0 spiro atoms. The molecule has 9 rings (SSSR count). The fraction of sp³-hybridized carbons (Fsp3) is 0.0909. The van der Waals surface area contributed by atoms with Gasteiger partial charge in [0, 0.05) is 16.5 Å². The molecule has 0 radical (unpaired) electrons. The van der Waals surface area contributed by atoms with Crippen molar-refractivity contribution in [3.05, 3.63) is 191 Å². The molecule has 0 bridgehead atoms. The molecule has 1 heteroatoms.